The topological polar surface area (TPSA) is 61.9 Å². The van der Waals surface area contributed by atoms with Crippen LogP contribution in [0.1, 0.15) is 18.9 Å². The Labute approximate surface area is 154 Å². The van der Waals surface area contributed by atoms with Crippen molar-refractivity contribution in [1.29, 1.82) is 0 Å². The lowest BCUT2D eigenvalue weighted by Gasteiger charge is -2.29. The molecule has 138 valence electrons. The summed E-state index contributed by atoms with van der Waals surface area (Å²) >= 11 is 6.06. The molecule has 0 spiro atoms. The molecule has 6 nitrogen and oxygen atoms in total. The van der Waals surface area contributed by atoms with E-state index in [4.69, 9.17) is 16.3 Å². The number of carbonyl (C=O) groups is 2. The predicted octanol–water partition coefficient (Wildman–Crippen LogP) is 2.16. The lowest BCUT2D eigenvalue weighted by atomic mass is 10.2. The van der Waals surface area contributed by atoms with E-state index in [1.165, 1.54) is 6.92 Å². The number of amides is 2. The summed E-state index contributed by atoms with van der Waals surface area (Å²) in [6.45, 7) is 8.54. The average molecular weight is 368 g/mol. The van der Waals surface area contributed by atoms with Gasteiger partial charge in [-0.15, -0.1) is 0 Å². The molecule has 0 saturated carbocycles. The molecule has 1 aliphatic heterocycles. The molecule has 2 amide bonds. The molecular weight excluding hydrogens is 342 g/mol. The fourth-order valence-electron chi connectivity index (χ4n) is 2.64. The highest BCUT2D eigenvalue weighted by Gasteiger charge is 2.15. The molecule has 7 heteroatoms. The molecule has 1 aromatic carbocycles. The summed E-state index contributed by atoms with van der Waals surface area (Å²) in [5.41, 5.74) is 1.63. The van der Waals surface area contributed by atoms with Gasteiger partial charge in [-0.2, -0.15) is 0 Å². The standard InChI is InChI=1S/C18H26ClN3O3/c1-14-3-4-16(13-17(14)19)20-18(24)5-6-22(15(2)23)8-7-21-9-11-25-12-10-21/h3-4,13H,5-12H2,1-2H3,(H,20,24). The Morgan fingerprint density at radius 3 is 2.64 bits per heavy atom. The van der Waals surface area contributed by atoms with Gasteiger partial charge in [0.1, 0.15) is 0 Å². The Morgan fingerprint density at radius 1 is 1.28 bits per heavy atom. The second kappa shape index (κ2) is 9.75. The van der Waals surface area contributed by atoms with Gasteiger partial charge in [-0.05, 0) is 24.6 Å². The summed E-state index contributed by atoms with van der Waals surface area (Å²) in [7, 11) is 0. The first-order valence-corrected chi connectivity index (χ1v) is 8.95. The first-order chi connectivity index (χ1) is 12.0. The molecule has 0 atom stereocenters. The van der Waals surface area contributed by atoms with Crippen LogP contribution < -0.4 is 5.32 Å². The molecule has 0 bridgehead atoms. The number of nitrogens with one attached hydrogen (secondary N) is 1. The maximum Gasteiger partial charge on any atom is 0.226 e. The van der Waals surface area contributed by atoms with Crippen molar-refractivity contribution in [3.05, 3.63) is 28.8 Å². The normalized spacial score (nSPS) is 15.0. The van der Waals surface area contributed by atoms with Crippen LogP contribution >= 0.6 is 11.6 Å². The van der Waals surface area contributed by atoms with Crippen LogP contribution in [0.25, 0.3) is 0 Å². The quantitative estimate of drug-likeness (QED) is 0.802. The maximum atomic E-state index is 12.1. The van der Waals surface area contributed by atoms with E-state index in [9.17, 15) is 9.59 Å². The van der Waals surface area contributed by atoms with Gasteiger partial charge in [0.2, 0.25) is 11.8 Å². The zero-order valence-corrected chi connectivity index (χ0v) is 15.6. The maximum absolute atomic E-state index is 12.1. The third kappa shape index (κ3) is 6.65. The first kappa shape index (κ1) is 19.7. The highest BCUT2D eigenvalue weighted by Crippen LogP contribution is 2.20. The van der Waals surface area contributed by atoms with Gasteiger partial charge >= 0.3 is 0 Å². The van der Waals surface area contributed by atoms with E-state index in [-0.39, 0.29) is 18.2 Å². The Bertz CT molecular complexity index is 603. The minimum absolute atomic E-state index is 0.0144. The number of carbonyl (C=O) groups excluding carboxylic acids is 2. The van der Waals surface area contributed by atoms with Crippen LogP contribution in [0.15, 0.2) is 18.2 Å². The molecule has 0 unspecified atom stereocenters. The summed E-state index contributed by atoms with van der Waals surface area (Å²) in [5, 5.41) is 3.44. The molecular formula is C18H26ClN3O3. The molecule has 0 radical (unpaired) electrons. The molecule has 1 aliphatic rings. The molecule has 25 heavy (non-hydrogen) atoms. The van der Waals surface area contributed by atoms with Crippen molar-refractivity contribution in [2.75, 3.05) is 51.3 Å². The van der Waals surface area contributed by atoms with Gasteiger partial charge in [-0.3, -0.25) is 14.5 Å². The highest BCUT2D eigenvalue weighted by molar-refractivity contribution is 6.31. The average Bonchev–Trinajstić information content (AvgIpc) is 2.58. The van der Waals surface area contributed by atoms with Gasteiger partial charge in [0.25, 0.3) is 0 Å². The summed E-state index contributed by atoms with van der Waals surface area (Å²) < 4.78 is 5.32. The molecule has 1 fully saturated rings. The van der Waals surface area contributed by atoms with Crippen LogP contribution in [-0.4, -0.2) is 67.6 Å². The molecule has 1 saturated heterocycles. The van der Waals surface area contributed by atoms with Crippen molar-refractivity contribution in [2.24, 2.45) is 0 Å². The van der Waals surface area contributed by atoms with E-state index in [0.717, 1.165) is 38.4 Å². The summed E-state index contributed by atoms with van der Waals surface area (Å²) in [4.78, 5) is 27.9. The number of nitrogens with zero attached hydrogens (tertiary/aromatic N) is 2. The second-order valence-electron chi connectivity index (χ2n) is 6.22. The lowest BCUT2D eigenvalue weighted by Crippen LogP contribution is -2.43. The monoisotopic (exact) mass is 367 g/mol. The third-order valence-electron chi connectivity index (χ3n) is 4.30. The lowest BCUT2D eigenvalue weighted by molar-refractivity contribution is -0.129. The largest absolute Gasteiger partial charge is 0.379 e. The summed E-state index contributed by atoms with van der Waals surface area (Å²) in [5.74, 6) is -0.142. The van der Waals surface area contributed by atoms with E-state index >= 15 is 0 Å². The van der Waals surface area contributed by atoms with Crippen molar-refractivity contribution in [3.8, 4) is 0 Å². The van der Waals surface area contributed by atoms with Crippen LogP contribution in [0.3, 0.4) is 0 Å². The van der Waals surface area contributed by atoms with Crippen molar-refractivity contribution in [2.45, 2.75) is 20.3 Å². The van der Waals surface area contributed by atoms with Gasteiger partial charge in [-0.25, -0.2) is 0 Å². The van der Waals surface area contributed by atoms with E-state index in [2.05, 4.69) is 10.2 Å². The Hall–Kier alpha value is -1.63. The molecule has 0 aliphatic carbocycles. The van der Waals surface area contributed by atoms with Crippen molar-refractivity contribution in [1.82, 2.24) is 9.80 Å². The number of anilines is 1. The SMILES string of the molecule is CC(=O)N(CCC(=O)Nc1ccc(C)c(Cl)c1)CCN1CCOCC1. The van der Waals surface area contributed by atoms with Crippen molar-refractivity contribution < 1.29 is 14.3 Å². The Kier molecular flexibility index (Phi) is 7.68. The molecule has 1 aromatic rings. The number of morpholine rings is 1. The minimum atomic E-state index is -0.127. The number of hydrogen-bond acceptors (Lipinski definition) is 4. The molecule has 1 N–H and O–H groups in total. The number of ether oxygens (including phenoxy) is 1. The van der Waals surface area contributed by atoms with Crippen LogP contribution in [0.5, 0.6) is 0 Å². The van der Waals surface area contributed by atoms with Gasteiger partial charge in [0.15, 0.2) is 0 Å². The van der Waals surface area contributed by atoms with Crippen molar-refractivity contribution in [3.63, 3.8) is 0 Å². The molecule has 1 heterocycles. The predicted molar refractivity (Wildman–Crippen MR) is 98.9 cm³/mol. The zero-order chi connectivity index (χ0) is 18.2. The first-order valence-electron chi connectivity index (χ1n) is 8.57. The van der Waals surface area contributed by atoms with E-state index in [1.807, 2.05) is 19.1 Å². The van der Waals surface area contributed by atoms with Crippen LogP contribution in [0.2, 0.25) is 5.02 Å². The Balaban J connectivity index is 1.77. The van der Waals surface area contributed by atoms with Gasteiger partial charge in [0.05, 0.1) is 13.2 Å². The fourth-order valence-corrected chi connectivity index (χ4v) is 2.82. The fraction of sp³-hybridized carbons (Fsp3) is 0.556. The molecule has 2 rings (SSSR count). The Morgan fingerprint density at radius 2 is 2.00 bits per heavy atom. The number of halogens is 1. The summed E-state index contributed by atoms with van der Waals surface area (Å²) in [6.07, 6.45) is 0.258. The van der Waals surface area contributed by atoms with E-state index in [0.29, 0.717) is 23.8 Å². The highest BCUT2D eigenvalue weighted by atomic mass is 35.5. The zero-order valence-electron chi connectivity index (χ0n) is 14.9. The second-order valence-corrected chi connectivity index (χ2v) is 6.63. The van der Waals surface area contributed by atoms with E-state index in [1.54, 1.807) is 11.0 Å². The third-order valence-corrected chi connectivity index (χ3v) is 4.71. The van der Waals surface area contributed by atoms with Crippen LogP contribution in [-0.2, 0) is 14.3 Å². The van der Waals surface area contributed by atoms with Crippen LogP contribution in [0.4, 0.5) is 5.69 Å². The van der Waals surface area contributed by atoms with Gasteiger partial charge < -0.3 is 15.0 Å². The van der Waals surface area contributed by atoms with Crippen LogP contribution in [0, 0.1) is 6.92 Å². The smallest absolute Gasteiger partial charge is 0.226 e. The number of rotatable bonds is 7. The van der Waals surface area contributed by atoms with Crippen molar-refractivity contribution >= 4 is 29.1 Å². The van der Waals surface area contributed by atoms with Gasteiger partial charge in [0, 0.05) is 56.8 Å². The number of aryl methyl sites for hydroxylation is 1. The van der Waals surface area contributed by atoms with Gasteiger partial charge in [-0.1, -0.05) is 17.7 Å². The molecule has 0 aromatic heterocycles. The minimum Gasteiger partial charge on any atom is -0.379 e. The summed E-state index contributed by atoms with van der Waals surface area (Å²) in [6, 6.07) is 5.42. The number of benzene rings is 1. The van der Waals surface area contributed by atoms with E-state index < -0.39 is 0 Å². The number of hydrogen-bond donors (Lipinski definition) is 1.